The first-order valence-electron chi connectivity index (χ1n) is 4.32. The van der Waals surface area contributed by atoms with Gasteiger partial charge in [-0.3, -0.25) is 0 Å². The molecule has 3 nitrogen and oxygen atoms in total. The Balaban J connectivity index is 2.69. The summed E-state index contributed by atoms with van der Waals surface area (Å²) in [6, 6.07) is 0. The molecule has 0 radical (unpaired) electrons. The first kappa shape index (κ1) is 11.9. The van der Waals surface area contributed by atoms with Gasteiger partial charge in [0.1, 0.15) is 11.0 Å². The van der Waals surface area contributed by atoms with Gasteiger partial charge in [-0.15, -0.1) is 0 Å². The van der Waals surface area contributed by atoms with E-state index in [1.54, 1.807) is 7.11 Å². The summed E-state index contributed by atoms with van der Waals surface area (Å²) in [6.07, 6.45) is 1.70. The van der Waals surface area contributed by atoms with E-state index >= 15 is 0 Å². The van der Waals surface area contributed by atoms with Crippen LogP contribution in [-0.2, 0) is 11.2 Å². The largest absolute Gasteiger partial charge is 0.385 e. The Morgan fingerprint density at radius 3 is 2.71 bits per heavy atom. The third kappa shape index (κ3) is 3.19. The molecule has 14 heavy (non-hydrogen) atoms. The molecule has 0 spiro atoms. The number of aryl methyl sites for hydroxylation is 2. The van der Waals surface area contributed by atoms with Gasteiger partial charge in [0.15, 0.2) is 0 Å². The summed E-state index contributed by atoms with van der Waals surface area (Å²) in [7, 11) is 1.68. The minimum absolute atomic E-state index is 0.477. The molecule has 0 amide bonds. The molecule has 1 aromatic rings. The minimum Gasteiger partial charge on any atom is -0.385 e. The first-order valence-corrected chi connectivity index (χ1v) is 5.49. The van der Waals surface area contributed by atoms with Gasteiger partial charge in [0.2, 0.25) is 0 Å². The average Bonchev–Trinajstić information content (AvgIpc) is 2.14. The predicted molar refractivity (Wildman–Crippen MR) is 59.7 cm³/mol. The summed E-state index contributed by atoms with van der Waals surface area (Å²) in [5, 5.41) is 0.477. The summed E-state index contributed by atoms with van der Waals surface area (Å²) in [6.45, 7) is 2.62. The van der Waals surface area contributed by atoms with Crippen molar-refractivity contribution in [2.45, 2.75) is 19.8 Å². The van der Waals surface area contributed by atoms with Crippen LogP contribution in [0.4, 0.5) is 0 Å². The highest BCUT2D eigenvalue weighted by Crippen LogP contribution is 2.22. The van der Waals surface area contributed by atoms with Gasteiger partial charge < -0.3 is 4.74 Å². The molecular weight excluding hydrogens is 267 g/mol. The average molecular weight is 280 g/mol. The zero-order valence-corrected chi connectivity index (χ0v) is 10.5. The number of hydrogen-bond donors (Lipinski definition) is 0. The number of aromatic nitrogens is 2. The zero-order chi connectivity index (χ0) is 10.6. The summed E-state index contributed by atoms with van der Waals surface area (Å²) in [4.78, 5) is 8.46. The Hall–Kier alpha value is -0.190. The Morgan fingerprint density at radius 2 is 2.14 bits per heavy atom. The molecule has 1 heterocycles. The van der Waals surface area contributed by atoms with Crippen molar-refractivity contribution < 1.29 is 4.74 Å². The highest BCUT2D eigenvalue weighted by molar-refractivity contribution is 9.10. The standard InChI is InChI=1S/C9H12BrClN2O/c1-6-8(10)9(11)13-7(12-6)4-3-5-14-2/h3-5H2,1-2H3. The van der Waals surface area contributed by atoms with Crippen LogP contribution >= 0.6 is 27.5 Å². The van der Waals surface area contributed by atoms with E-state index in [0.29, 0.717) is 5.15 Å². The molecule has 0 atom stereocenters. The van der Waals surface area contributed by atoms with Crippen molar-refractivity contribution in [1.29, 1.82) is 0 Å². The van der Waals surface area contributed by atoms with E-state index in [4.69, 9.17) is 16.3 Å². The number of halogens is 2. The molecular formula is C9H12BrClN2O. The number of hydrogen-bond acceptors (Lipinski definition) is 3. The van der Waals surface area contributed by atoms with Gasteiger partial charge in [-0.05, 0) is 29.3 Å². The minimum atomic E-state index is 0.477. The maximum atomic E-state index is 5.90. The fourth-order valence-corrected chi connectivity index (χ4v) is 1.48. The Labute approximate surface area is 97.0 Å². The molecule has 0 aromatic carbocycles. The summed E-state index contributed by atoms with van der Waals surface area (Å²) in [5.74, 6) is 0.771. The van der Waals surface area contributed by atoms with E-state index in [9.17, 15) is 0 Å². The zero-order valence-electron chi connectivity index (χ0n) is 8.18. The molecule has 0 aliphatic heterocycles. The third-order valence-electron chi connectivity index (χ3n) is 1.77. The monoisotopic (exact) mass is 278 g/mol. The number of nitrogens with zero attached hydrogens (tertiary/aromatic N) is 2. The van der Waals surface area contributed by atoms with Gasteiger partial charge >= 0.3 is 0 Å². The van der Waals surface area contributed by atoms with Crippen LogP contribution in [0.3, 0.4) is 0 Å². The molecule has 1 aromatic heterocycles. The molecule has 0 unspecified atom stereocenters. The smallest absolute Gasteiger partial charge is 0.147 e. The lowest BCUT2D eigenvalue weighted by molar-refractivity contribution is 0.194. The van der Waals surface area contributed by atoms with Crippen LogP contribution < -0.4 is 0 Å². The lowest BCUT2D eigenvalue weighted by atomic mass is 10.3. The SMILES string of the molecule is COCCCc1nc(C)c(Br)c(Cl)n1. The Kier molecular flexibility index (Phi) is 4.78. The summed E-state index contributed by atoms with van der Waals surface area (Å²) < 4.78 is 5.72. The van der Waals surface area contributed by atoms with Crippen LogP contribution in [0.5, 0.6) is 0 Å². The molecule has 0 aliphatic rings. The highest BCUT2D eigenvalue weighted by Gasteiger charge is 2.06. The van der Waals surface area contributed by atoms with Crippen LogP contribution in [-0.4, -0.2) is 23.7 Å². The van der Waals surface area contributed by atoms with Gasteiger partial charge in [-0.1, -0.05) is 11.6 Å². The van der Waals surface area contributed by atoms with Crippen LogP contribution in [0.25, 0.3) is 0 Å². The topological polar surface area (TPSA) is 35.0 Å². The van der Waals surface area contributed by atoms with Crippen molar-refractivity contribution in [3.8, 4) is 0 Å². The van der Waals surface area contributed by atoms with Gasteiger partial charge in [0, 0.05) is 20.1 Å². The quantitative estimate of drug-likeness (QED) is 0.628. The molecule has 1 rings (SSSR count). The van der Waals surface area contributed by atoms with Crippen LogP contribution in [0.2, 0.25) is 5.15 Å². The predicted octanol–water partition coefficient (Wildman–Crippen LogP) is 2.78. The molecule has 0 aliphatic carbocycles. The van der Waals surface area contributed by atoms with Crippen molar-refractivity contribution in [1.82, 2.24) is 9.97 Å². The third-order valence-corrected chi connectivity index (χ3v) is 3.22. The fourth-order valence-electron chi connectivity index (χ4n) is 1.07. The second-order valence-electron chi connectivity index (χ2n) is 2.93. The van der Waals surface area contributed by atoms with E-state index in [1.807, 2.05) is 6.92 Å². The molecule has 5 heteroatoms. The summed E-state index contributed by atoms with van der Waals surface area (Å²) in [5.41, 5.74) is 0.873. The van der Waals surface area contributed by atoms with E-state index in [-0.39, 0.29) is 0 Å². The first-order chi connectivity index (χ1) is 6.65. The lowest BCUT2D eigenvalue weighted by Crippen LogP contribution is -2.01. The van der Waals surface area contributed by atoms with Crippen molar-refractivity contribution in [2.75, 3.05) is 13.7 Å². The van der Waals surface area contributed by atoms with Gasteiger partial charge in [0.05, 0.1) is 10.2 Å². The molecule has 0 bridgehead atoms. The second-order valence-corrected chi connectivity index (χ2v) is 4.08. The van der Waals surface area contributed by atoms with Crippen LogP contribution in [0, 0.1) is 6.92 Å². The normalized spacial score (nSPS) is 10.6. The van der Waals surface area contributed by atoms with E-state index in [1.165, 1.54) is 0 Å². The van der Waals surface area contributed by atoms with Crippen molar-refractivity contribution >= 4 is 27.5 Å². The maximum absolute atomic E-state index is 5.90. The fraction of sp³-hybridized carbons (Fsp3) is 0.556. The van der Waals surface area contributed by atoms with Gasteiger partial charge in [0.25, 0.3) is 0 Å². The van der Waals surface area contributed by atoms with Crippen molar-refractivity contribution in [2.24, 2.45) is 0 Å². The molecule has 78 valence electrons. The van der Waals surface area contributed by atoms with E-state index in [0.717, 1.165) is 35.4 Å². The number of rotatable bonds is 4. The Morgan fingerprint density at radius 1 is 1.43 bits per heavy atom. The van der Waals surface area contributed by atoms with Crippen LogP contribution in [0.15, 0.2) is 4.47 Å². The maximum Gasteiger partial charge on any atom is 0.147 e. The number of methoxy groups -OCH3 is 1. The van der Waals surface area contributed by atoms with Crippen LogP contribution in [0.1, 0.15) is 17.9 Å². The van der Waals surface area contributed by atoms with Crippen molar-refractivity contribution in [3.05, 3.63) is 21.1 Å². The van der Waals surface area contributed by atoms with E-state index < -0.39 is 0 Å². The van der Waals surface area contributed by atoms with Crippen molar-refractivity contribution in [3.63, 3.8) is 0 Å². The highest BCUT2D eigenvalue weighted by atomic mass is 79.9. The summed E-state index contributed by atoms with van der Waals surface area (Å²) >= 11 is 9.22. The molecule has 0 saturated carbocycles. The second kappa shape index (κ2) is 5.63. The number of ether oxygens (including phenoxy) is 1. The van der Waals surface area contributed by atoms with E-state index in [2.05, 4.69) is 25.9 Å². The van der Waals surface area contributed by atoms with Gasteiger partial charge in [-0.25, -0.2) is 9.97 Å². The van der Waals surface area contributed by atoms with Gasteiger partial charge in [-0.2, -0.15) is 0 Å². The molecule has 0 fully saturated rings. The Bertz CT molecular complexity index is 297. The molecule has 0 N–H and O–H groups in total. The lowest BCUT2D eigenvalue weighted by Gasteiger charge is -2.04. The molecule has 0 saturated heterocycles.